The molecule has 0 fully saturated rings. The normalized spacial score (nSPS) is 12.2. The van der Waals surface area contributed by atoms with Crippen molar-refractivity contribution in [3.63, 3.8) is 0 Å². The third kappa shape index (κ3) is 10.7. The number of nitrogens with two attached hydrogens (primary N) is 2. The zero-order valence-electron chi connectivity index (χ0n) is 28.0. The van der Waals surface area contributed by atoms with Crippen LogP contribution in [0.5, 0.6) is 0 Å². The van der Waals surface area contributed by atoms with Crippen LogP contribution in [-0.2, 0) is 30.9 Å². The summed E-state index contributed by atoms with van der Waals surface area (Å²) in [6, 6.07) is 19.4. The topological polar surface area (TPSA) is 162 Å². The number of carbonyl (C=O) groups is 3. The van der Waals surface area contributed by atoms with Crippen molar-refractivity contribution in [1.29, 1.82) is 0 Å². The van der Waals surface area contributed by atoms with Crippen LogP contribution in [-0.4, -0.2) is 44.4 Å². The van der Waals surface area contributed by atoms with Crippen molar-refractivity contribution in [3.05, 3.63) is 83.4 Å². The predicted molar refractivity (Wildman–Crippen MR) is 185 cm³/mol. The van der Waals surface area contributed by atoms with Crippen molar-refractivity contribution in [2.75, 3.05) is 18.5 Å². The molecule has 3 rings (SSSR count). The Morgan fingerprint density at radius 2 is 1.49 bits per heavy atom. The number of esters is 1. The lowest BCUT2D eigenvalue weighted by Gasteiger charge is -2.29. The summed E-state index contributed by atoms with van der Waals surface area (Å²) in [7, 11) is -3.94. The molecule has 0 saturated carbocycles. The molecule has 10 nitrogen and oxygen atoms in total. The molecule has 0 bridgehead atoms. The molecule has 3 aromatic rings. The van der Waals surface area contributed by atoms with Crippen LogP contribution in [0.1, 0.15) is 88.8 Å². The molecule has 0 radical (unpaired) electrons. The summed E-state index contributed by atoms with van der Waals surface area (Å²) in [5, 5.41) is 8.63. The maximum absolute atomic E-state index is 14.2. The van der Waals surface area contributed by atoms with Gasteiger partial charge in [0.1, 0.15) is 0 Å². The maximum Gasteiger partial charge on any atom is 0.322 e. The van der Waals surface area contributed by atoms with E-state index in [1.807, 2.05) is 30.3 Å². The van der Waals surface area contributed by atoms with Gasteiger partial charge in [0, 0.05) is 30.8 Å². The van der Waals surface area contributed by atoms with E-state index in [9.17, 15) is 22.8 Å². The molecule has 11 heteroatoms. The van der Waals surface area contributed by atoms with Gasteiger partial charge in [0.25, 0.3) is 0 Å². The number of rotatable bonds is 16. The molecule has 0 aliphatic heterocycles. The number of nitrogens with one attached hydrogen (secondary N) is 1. The van der Waals surface area contributed by atoms with E-state index >= 15 is 0 Å². The van der Waals surface area contributed by atoms with E-state index in [-0.39, 0.29) is 48.9 Å². The third-order valence-corrected chi connectivity index (χ3v) is 8.98. The number of ether oxygens (including phenoxy) is 1. The number of nitrogens with zero attached hydrogens (tertiary/aromatic N) is 1. The highest BCUT2D eigenvalue weighted by atomic mass is 32.2. The summed E-state index contributed by atoms with van der Waals surface area (Å²) in [6.07, 6.45) is 1.72. The Kier molecular flexibility index (Phi) is 13.5. The Morgan fingerprint density at radius 1 is 0.872 bits per heavy atom. The lowest BCUT2D eigenvalue weighted by molar-refractivity contribution is -0.148. The highest BCUT2D eigenvalue weighted by molar-refractivity contribution is 7.89. The lowest BCUT2D eigenvalue weighted by atomic mass is 9.92. The van der Waals surface area contributed by atoms with Gasteiger partial charge in [0.05, 0.1) is 17.4 Å². The molecule has 0 spiro atoms. The van der Waals surface area contributed by atoms with E-state index < -0.39 is 27.8 Å². The van der Waals surface area contributed by atoms with Gasteiger partial charge in [-0.1, -0.05) is 94.8 Å². The zero-order chi connectivity index (χ0) is 34.7. The molecular formula is C36H48N4O6S. The number of hydrogen-bond acceptors (Lipinski definition) is 6. The molecular weight excluding hydrogens is 616 g/mol. The Labute approximate surface area is 278 Å². The molecule has 47 heavy (non-hydrogen) atoms. The first kappa shape index (κ1) is 37.2. The van der Waals surface area contributed by atoms with Gasteiger partial charge in [-0.3, -0.25) is 9.59 Å². The van der Waals surface area contributed by atoms with Crippen LogP contribution in [0, 0.1) is 5.92 Å². The first-order chi connectivity index (χ1) is 22.2. The first-order valence-corrected chi connectivity index (χ1v) is 17.6. The van der Waals surface area contributed by atoms with Gasteiger partial charge in [-0.25, -0.2) is 18.4 Å². The SMILES string of the molecule is CCOC(=O)C(CCCCC(N)=O)CN(Cc1ccc(-c2ccccc2S(N)(=O)=O)cc1)C(=O)Nc1c(C(C)C)cccc1C(C)C. The fourth-order valence-electron chi connectivity index (χ4n) is 5.56. The number of unbranched alkanes of at least 4 members (excludes halogenated alkanes) is 1. The van der Waals surface area contributed by atoms with Crippen molar-refractivity contribution < 1.29 is 27.5 Å². The van der Waals surface area contributed by atoms with Crippen molar-refractivity contribution in [2.45, 2.75) is 83.6 Å². The summed E-state index contributed by atoms with van der Waals surface area (Å²) in [5.74, 6) is -1.13. The minimum atomic E-state index is -3.94. The fraction of sp³-hybridized carbons (Fsp3) is 0.417. The Balaban J connectivity index is 1.99. The molecule has 0 aromatic heterocycles. The maximum atomic E-state index is 14.2. The van der Waals surface area contributed by atoms with Crippen LogP contribution < -0.4 is 16.2 Å². The Bertz CT molecular complexity index is 1610. The second kappa shape index (κ2) is 17.1. The van der Waals surface area contributed by atoms with E-state index in [0.29, 0.717) is 30.4 Å². The summed E-state index contributed by atoms with van der Waals surface area (Å²) < 4.78 is 29.8. The van der Waals surface area contributed by atoms with Crippen LogP contribution in [0.3, 0.4) is 0 Å². The number of carbonyl (C=O) groups excluding carboxylic acids is 3. The van der Waals surface area contributed by atoms with Crippen LogP contribution in [0.2, 0.25) is 0 Å². The summed E-state index contributed by atoms with van der Waals surface area (Å²) in [6.45, 7) is 10.5. The lowest BCUT2D eigenvalue weighted by Crippen LogP contribution is -2.41. The molecule has 5 N–H and O–H groups in total. The number of sulfonamides is 1. The fourth-order valence-corrected chi connectivity index (χ4v) is 6.32. The first-order valence-electron chi connectivity index (χ1n) is 16.1. The molecule has 0 aliphatic rings. The summed E-state index contributed by atoms with van der Waals surface area (Å²) >= 11 is 0. The van der Waals surface area contributed by atoms with E-state index in [4.69, 9.17) is 15.6 Å². The van der Waals surface area contributed by atoms with E-state index in [1.165, 1.54) is 6.07 Å². The molecule has 1 atom stereocenters. The molecule has 3 amide bonds. The van der Waals surface area contributed by atoms with Gasteiger partial charge >= 0.3 is 12.0 Å². The van der Waals surface area contributed by atoms with Gasteiger partial charge in [0.15, 0.2) is 0 Å². The second-order valence-electron chi connectivity index (χ2n) is 12.3. The number of primary amides is 1. The molecule has 0 aliphatic carbocycles. The van der Waals surface area contributed by atoms with Gasteiger partial charge in [-0.15, -0.1) is 0 Å². The van der Waals surface area contributed by atoms with Crippen molar-refractivity contribution in [1.82, 2.24) is 4.90 Å². The number of primary sulfonamides is 1. The average Bonchev–Trinajstić information content (AvgIpc) is 3.01. The Morgan fingerprint density at radius 3 is 2.04 bits per heavy atom. The van der Waals surface area contributed by atoms with Gasteiger partial charge in [0.2, 0.25) is 15.9 Å². The average molecular weight is 665 g/mol. The molecule has 3 aromatic carbocycles. The second-order valence-corrected chi connectivity index (χ2v) is 13.9. The quantitative estimate of drug-likeness (QED) is 0.117. The van der Waals surface area contributed by atoms with Crippen molar-refractivity contribution in [3.8, 4) is 11.1 Å². The molecule has 0 heterocycles. The predicted octanol–water partition coefficient (Wildman–Crippen LogP) is 6.51. The number of anilines is 1. The van der Waals surface area contributed by atoms with Gasteiger partial charge in [-0.2, -0.15) is 0 Å². The van der Waals surface area contributed by atoms with E-state index in [1.54, 1.807) is 42.2 Å². The number of para-hydroxylation sites is 1. The third-order valence-electron chi connectivity index (χ3n) is 8.01. The Hall–Kier alpha value is -4.22. The van der Waals surface area contributed by atoms with Crippen LogP contribution in [0.25, 0.3) is 11.1 Å². The van der Waals surface area contributed by atoms with E-state index in [0.717, 1.165) is 22.4 Å². The number of urea groups is 1. The number of benzene rings is 3. The smallest absolute Gasteiger partial charge is 0.322 e. The molecule has 254 valence electrons. The molecule has 1 unspecified atom stereocenters. The van der Waals surface area contributed by atoms with Crippen LogP contribution in [0.4, 0.5) is 10.5 Å². The van der Waals surface area contributed by atoms with Gasteiger partial charge in [-0.05, 0) is 59.9 Å². The summed E-state index contributed by atoms with van der Waals surface area (Å²) in [4.78, 5) is 40.2. The number of amides is 3. The number of hydrogen-bond donors (Lipinski definition) is 3. The van der Waals surface area contributed by atoms with Gasteiger partial charge < -0.3 is 20.7 Å². The van der Waals surface area contributed by atoms with Crippen LogP contribution in [0.15, 0.2) is 71.6 Å². The molecule has 0 saturated heterocycles. The van der Waals surface area contributed by atoms with Crippen LogP contribution >= 0.6 is 0 Å². The zero-order valence-corrected chi connectivity index (χ0v) is 28.8. The highest BCUT2D eigenvalue weighted by Crippen LogP contribution is 2.33. The monoisotopic (exact) mass is 664 g/mol. The van der Waals surface area contributed by atoms with E-state index in [2.05, 4.69) is 33.0 Å². The summed E-state index contributed by atoms with van der Waals surface area (Å²) in [5.41, 5.74) is 9.99. The highest BCUT2D eigenvalue weighted by Gasteiger charge is 2.27. The standard InChI is InChI=1S/C36H48N4O6S/c1-6-46-35(42)28(12-7-10-17-33(37)41)23-40(36(43)39-34-29(24(2)3)14-11-15-30(34)25(4)5)22-26-18-20-27(21-19-26)31-13-8-9-16-32(31)47(38,44)45/h8-9,11,13-16,18-21,24-25,28H,6-7,10,12,17,22-23H2,1-5H3,(H2,37,41)(H,39,43)(H2,38,44,45). The minimum absolute atomic E-state index is 0.0205. The van der Waals surface area contributed by atoms with Crippen molar-refractivity contribution >= 4 is 33.6 Å². The minimum Gasteiger partial charge on any atom is -0.466 e. The van der Waals surface area contributed by atoms with Crippen molar-refractivity contribution in [2.24, 2.45) is 16.8 Å². The largest absolute Gasteiger partial charge is 0.466 e.